The van der Waals surface area contributed by atoms with Gasteiger partial charge in [0.05, 0.1) is 28.5 Å². The number of amides is 1. The van der Waals surface area contributed by atoms with Crippen LogP contribution in [0.3, 0.4) is 0 Å². The number of Topliss-reactive ketones (excluding diaryl/α,β-unsaturated/α-hetero) is 1. The maximum atomic E-state index is 12.2. The molecule has 2 aromatic rings. The van der Waals surface area contributed by atoms with E-state index >= 15 is 0 Å². The third-order valence-corrected chi connectivity index (χ3v) is 4.53. The van der Waals surface area contributed by atoms with Crippen LogP contribution < -0.4 is 4.90 Å². The van der Waals surface area contributed by atoms with Gasteiger partial charge in [-0.1, -0.05) is 19.1 Å². The number of aromatic nitrogens is 1. The van der Waals surface area contributed by atoms with Gasteiger partial charge in [0.1, 0.15) is 0 Å². The molecule has 1 amide bonds. The molecular weight excluding hydrogens is 284 g/mol. The molecule has 5 heteroatoms. The molecule has 1 aromatic carbocycles. The quantitative estimate of drug-likeness (QED) is 0.815. The van der Waals surface area contributed by atoms with Crippen LogP contribution >= 0.6 is 11.3 Å². The molecule has 2 heterocycles. The lowest BCUT2D eigenvalue weighted by Crippen LogP contribution is -2.29. The highest BCUT2D eigenvalue weighted by molar-refractivity contribution is 7.09. The molecule has 0 aliphatic carbocycles. The number of hydrogen-bond donors (Lipinski definition) is 0. The van der Waals surface area contributed by atoms with E-state index in [0.29, 0.717) is 12.1 Å². The van der Waals surface area contributed by atoms with E-state index in [9.17, 15) is 9.59 Å². The monoisotopic (exact) mass is 300 g/mol. The number of para-hydroxylation sites is 1. The Bertz CT molecular complexity index is 721. The Hall–Kier alpha value is -2.01. The number of aryl methyl sites for hydroxylation is 2. The van der Waals surface area contributed by atoms with Crippen LogP contribution in [-0.2, 0) is 17.8 Å². The van der Waals surface area contributed by atoms with E-state index in [-0.39, 0.29) is 0 Å². The van der Waals surface area contributed by atoms with Crippen molar-refractivity contribution in [1.82, 2.24) is 4.98 Å². The Morgan fingerprint density at radius 2 is 2.10 bits per heavy atom. The summed E-state index contributed by atoms with van der Waals surface area (Å²) in [5.74, 6) is -0.873. The summed E-state index contributed by atoms with van der Waals surface area (Å²) >= 11 is 1.61. The zero-order valence-corrected chi connectivity index (χ0v) is 12.9. The minimum atomic E-state index is -0.454. The molecule has 0 saturated carbocycles. The minimum Gasteiger partial charge on any atom is -0.298 e. The lowest BCUT2D eigenvalue weighted by atomic mass is 10.1. The average molecular weight is 300 g/mol. The van der Waals surface area contributed by atoms with E-state index in [1.165, 1.54) is 0 Å². The van der Waals surface area contributed by atoms with Crippen molar-refractivity contribution in [1.29, 1.82) is 0 Å². The Kier molecular flexibility index (Phi) is 3.59. The lowest BCUT2D eigenvalue weighted by Gasteiger charge is -2.17. The van der Waals surface area contributed by atoms with Gasteiger partial charge in [-0.3, -0.25) is 14.5 Å². The third kappa shape index (κ3) is 2.38. The van der Waals surface area contributed by atoms with Gasteiger partial charge in [0, 0.05) is 5.38 Å². The van der Waals surface area contributed by atoms with Crippen molar-refractivity contribution >= 4 is 28.7 Å². The number of thiazole rings is 1. The topological polar surface area (TPSA) is 50.3 Å². The molecule has 0 unspecified atom stereocenters. The zero-order chi connectivity index (χ0) is 15.0. The first-order valence-corrected chi connectivity index (χ1v) is 7.89. The minimum absolute atomic E-state index is 0.364. The number of anilines is 1. The maximum Gasteiger partial charge on any atom is 0.299 e. The second-order valence-corrected chi connectivity index (χ2v) is 6.12. The number of fused-ring (bicyclic) bond motifs is 1. The molecular formula is C16H16N2O2S. The summed E-state index contributed by atoms with van der Waals surface area (Å²) in [5, 5.41) is 3.05. The van der Waals surface area contributed by atoms with Crippen molar-refractivity contribution in [3.63, 3.8) is 0 Å². The highest BCUT2D eigenvalue weighted by atomic mass is 32.1. The molecule has 0 bridgehead atoms. The predicted octanol–water partition coefficient (Wildman–Crippen LogP) is 3.13. The van der Waals surface area contributed by atoms with E-state index in [0.717, 1.165) is 34.8 Å². The number of carbonyl (C=O) groups is 2. The van der Waals surface area contributed by atoms with Crippen LogP contribution in [0.15, 0.2) is 23.6 Å². The average Bonchev–Trinajstić information content (AvgIpc) is 3.00. The standard InChI is InChI=1S/C16H16N2O2S/c1-3-5-13-17-11(9-21-13)8-18-14-10(2)6-4-7-12(14)15(19)16(18)20/h4,6-7,9H,3,5,8H2,1-2H3. The van der Waals surface area contributed by atoms with Gasteiger partial charge in [0.2, 0.25) is 0 Å². The van der Waals surface area contributed by atoms with Gasteiger partial charge in [0.15, 0.2) is 0 Å². The fourth-order valence-electron chi connectivity index (χ4n) is 2.60. The zero-order valence-electron chi connectivity index (χ0n) is 12.0. The fourth-order valence-corrected chi connectivity index (χ4v) is 3.49. The molecule has 108 valence electrons. The molecule has 0 radical (unpaired) electrons. The second kappa shape index (κ2) is 5.41. The summed E-state index contributed by atoms with van der Waals surface area (Å²) in [5.41, 5.74) is 3.03. The van der Waals surface area contributed by atoms with Crippen molar-refractivity contribution < 1.29 is 9.59 Å². The van der Waals surface area contributed by atoms with Crippen LogP contribution in [0.2, 0.25) is 0 Å². The molecule has 0 saturated heterocycles. The Morgan fingerprint density at radius 1 is 1.29 bits per heavy atom. The fraction of sp³-hybridized carbons (Fsp3) is 0.312. The summed E-state index contributed by atoms with van der Waals surface area (Å²) < 4.78 is 0. The molecule has 0 N–H and O–H groups in total. The van der Waals surface area contributed by atoms with Crippen molar-refractivity contribution in [2.45, 2.75) is 33.2 Å². The van der Waals surface area contributed by atoms with Crippen LogP contribution in [0.4, 0.5) is 5.69 Å². The van der Waals surface area contributed by atoms with E-state index < -0.39 is 11.7 Å². The van der Waals surface area contributed by atoms with Gasteiger partial charge in [-0.25, -0.2) is 4.98 Å². The molecule has 1 aliphatic heterocycles. The van der Waals surface area contributed by atoms with Gasteiger partial charge in [0.25, 0.3) is 11.7 Å². The summed E-state index contributed by atoms with van der Waals surface area (Å²) in [4.78, 5) is 30.3. The van der Waals surface area contributed by atoms with Crippen LogP contribution in [0.5, 0.6) is 0 Å². The predicted molar refractivity (Wildman–Crippen MR) is 82.8 cm³/mol. The van der Waals surface area contributed by atoms with Crippen LogP contribution in [-0.4, -0.2) is 16.7 Å². The molecule has 1 aromatic heterocycles. The molecule has 0 atom stereocenters. The molecule has 0 spiro atoms. The van der Waals surface area contributed by atoms with Crippen LogP contribution in [0.1, 0.15) is 40.0 Å². The molecule has 4 nitrogen and oxygen atoms in total. The van der Waals surface area contributed by atoms with E-state index in [4.69, 9.17) is 0 Å². The number of nitrogens with zero attached hydrogens (tertiary/aromatic N) is 2. The van der Waals surface area contributed by atoms with Gasteiger partial charge < -0.3 is 0 Å². The first kappa shape index (κ1) is 13.9. The van der Waals surface area contributed by atoms with Crippen molar-refractivity contribution in [3.8, 4) is 0 Å². The number of ketones is 1. The Balaban J connectivity index is 1.92. The Labute approximate surface area is 127 Å². The highest BCUT2D eigenvalue weighted by Crippen LogP contribution is 2.33. The van der Waals surface area contributed by atoms with Crippen LogP contribution in [0, 0.1) is 6.92 Å². The van der Waals surface area contributed by atoms with E-state index in [2.05, 4.69) is 11.9 Å². The van der Waals surface area contributed by atoms with Gasteiger partial charge in [-0.15, -0.1) is 11.3 Å². The summed E-state index contributed by atoms with van der Waals surface area (Å²) in [6.07, 6.45) is 2.00. The highest BCUT2D eigenvalue weighted by Gasteiger charge is 2.36. The summed E-state index contributed by atoms with van der Waals surface area (Å²) in [7, 11) is 0. The Morgan fingerprint density at radius 3 is 2.86 bits per heavy atom. The first-order valence-electron chi connectivity index (χ1n) is 7.01. The van der Waals surface area contributed by atoms with Gasteiger partial charge >= 0.3 is 0 Å². The number of carbonyl (C=O) groups excluding carboxylic acids is 2. The van der Waals surface area contributed by atoms with E-state index in [1.54, 1.807) is 22.3 Å². The van der Waals surface area contributed by atoms with Gasteiger partial charge in [-0.2, -0.15) is 0 Å². The van der Waals surface area contributed by atoms with Crippen molar-refractivity contribution in [2.24, 2.45) is 0 Å². The second-order valence-electron chi connectivity index (χ2n) is 5.17. The molecule has 0 fully saturated rings. The van der Waals surface area contributed by atoms with Crippen molar-refractivity contribution in [3.05, 3.63) is 45.4 Å². The lowest BCUT2D eigenvalue weighted by molar-refractivity contribution is -0.114. The molecule has 3 rings (SSSR count). The van der Waals surface area contributed by atoms with Crippen LogP contribution in [0.25, 0.3) is 0 Å². The largest absolute Gasteiger partial charge is 0.299 e. The number of rotatable bonds is 4. The first-order chi connectivity index (χ1) is 10.1. The summed E-state index contributed by atoms with van der Waals surface area (Å²) in [6, 6.07) is 5.44. The number of hydrogen-bond acceptors (Lipinski definition) is 4. The smallest absolute Gasteiger partial charge is 0.298 e. The molecule has 21 heavy (non-hydrogen) atoms. The summed E-state index contributed by atoms with van der Waals surface area (Å²) in [6.45, 7) is 4.40. The molecule has 1 aliphatic rings. The van der Waals surface area contributed by atoms with Crippen molar-refractivity contribution in [2.75, 3.05) is 4.90 Å². The third-order valence-electron chi connectivity index (χ3n) is 3.57. The number of benzene rings is 1. The SMILES string of the molecule is CCCc1nc(CN2C(=O)C(=O)c3cccc(C)c32)cs1. The maximum absolute atomic E-state index is 12.2. The van der Waals surface area contributed by atoms with Gasteiger partial charge in [-0.05, 0) is 31.4 Å². The normalized spacial score (nSPS) is 13.9. The van der Waals surface area contributed by atoms with E-state index in [1.807, 2.05) is 24.4 Å².